The number of cyclic esters (lactones) is 1. The van der Waals surface area contributed by atoms with Crippen LogP contribution < -0.4 is 16.1 Å². The van der Waals surface area contributed by atoms with E-state index in [-0.39, 0.29) is 37.4 Å². The van der Waals surface area contributed by atoms with Crippen molar-refractivity contribution in [1.82, 2.24) is 40.8 Å². The van der Waals surface area contributed by atoms with Crippen molar-refractivity contribution in [2.24, 2.45) is 5.92 Å². The molecule has 4 N–H and O–H groups in total. The molecule has 6 atom stereocenters. The Hall–Kier alpha value is -5.86. The van der Waals surface area contributed by atoms with E-state index in [0.29, 0.717) is 26.1 Å². The number of hydrogen-bond acceptors (Lipinski definition) is 9. The summed E-state index contributed by atoms with van der Waals surface area (Å²) in [4.78, 5) is 66.1. The maximum atomic E-state index is 14.4. The van der Waals surface area contributed by atoms with Crippen LogP contribution in [0.15, 0.2) is 97.2 Å². The van der Waals surface area contributed by atoms with Gasteiger partial charge in [-0.2, -0.15) is 0 Å². The number of hydrazine groups is 1. The fourth-order valence-corrected chi connectivity index (χ4v) is 7.30. The number of aromatic nitrogens is 2. The second kappa shape index (κ2) is 18.9. The van der Waals surface area contributed by atoms with E-state index in [2.05, 4.69) is 26.0 Å². The molecule has 300 valence electrons. The summed E-state index contributed by atoms with van der Waals surface area (Å²) in [7, 11) is 0. The number of aliphatic hydroxyl groups excluding tert-OH is 1. The normalized spacial score (nSPS) is 18.8. The maximum absolute atomic E-state index is 14.4. The number of carbonyl (C=O) groups is 4. The molecule has 5 amide bonds. The number of amides is 5. The Morgan fingerprint density at radius 3 is 2.40 bits per heavy atom. The van der Waals surface area contributed by atoms with E-state index in [1.54, 1.807) is 27.9 Å². The number of aliphatic hydroxyl groups is 1. The predicted molar refractivity (Wildman–Crippen MR) is 214 cm³/mol. The van der Waals surface area contributed by atoms with E-state index in [4.69, 9.17) is 4.74 Å². The van der Waals surface area contributed by atoms with E-state index >= 15 is 0 Å². The lowest BCUT2D eigenvalue weighted by molar-refractivity contribution is -0.131. The molecule has 57 heavy (non-hydrogen) atoms. The third kappa shape index (κ3) is 10.5. The molecule has 0 spiro atoms. The average Bonchev–Trinajstić information content (AvgIpc) is 3.74. The van der Waals surface area contributed by atoms with E-state index in [9.17, 15) is 24.3 Å². The Labute approximate surface area is 333 Å². The minimum Gasteiger partial charge on any atom is -0.444 e. The minimum absolute atomic E-state index is 0.0880. The second-order valence-corrected chi connectivity index (χ2v) is 14.9. The van der Waals surface area contributed by atoms with Gasteiger partial charge in [0.25, 0.3) is 5.91 Å². The number of nitrogens with zero attached hydrogens (tertiary/aromatic N) is 5. The van der Waals surface area contributed by atoms with Crippen LogP contribution in [0.1, 0.15) is 49.7 Å². The van der Waals surface area contributed by atoms with Crippen LogP contribution in [0, 0.1) is 12.8 Å². The number of nitrogens with one attached hydrogen (secondary N) is 3. The van der Waals surface area contributed by atoms with Gasteiger partial charge >= 0.3 is 12.1 Å². The fourth-order valence-electron chi connectivity index (χ4n) is 7.30. The summed E-state index contributed by atoms with van der Waals surface area (Å²) in [6.45, 7) is 8.73. The first kappa shape index (κ1) is 40.8. The molecule has 14 heteroatoms. The zero-order valence-corrected chi connectivity index (χ0v) is 32.9. The van der Waals surface area contributed by atoms with E-state index in [1.807, 2.05) is 112 Å². The molecule has 2 saturated heterocycles. The highest BCUT2D eigenvalue weighted by atomic mass is 16.6. The number of urea groups is 1. The zero-order chi connectivity index (χ0) is 40.5. The SMILES string of the molecule is CC[C@H](C)[C@@H](C(=O)N[C@@H](Cc1ccccc1)[C@H](O)CN(Cc1ccc(-c2ccccn2)cc1)NC(=O)[C@H]1NC(=O)O[C@@H]1C)N1CCN(Cc2cccc(C)n2)C1=O. The Morgan fingerprint density at radius 1 is 0.982 bits per heavy atom. The number of alkyl carbamates (subject to hydrolysis) is 1. The molecule has 0 radical (unpaired) electrons. The highest BCUT2D eigenvalue weighted by Gasteiger charge is 2.41. The molecule has 0 bridgehead atoms. The third-order valence-corrected chi connectivity index (χ3v) is 10.6. The average molecular weight is 777 g/mol. The molecular formula is C43H52N8O6. The van der Waals surface area contributed by atoms with Gasteiger partial charge in [0.1, 0.15) is 18.2 Å². The van der Waals surface area contributed by atoms with Gasteiger partial charge in [0.15, 0.2) is 0 Å². The number of carbonyl (C=O) groups excluding carboxylic acids is 4. The molecule has 4 heterocycles. The van der Waals surface area contributed by atoms with Crippen molar-refractivity contribution >= 4 is 23.9 Å². The highest BCUT2D eigenvalue weighted by molar-refractivity contribution is 5.89. The van der Waals surface area contributed by atoms with Crippen LogP contribution in [0.25, 0.3) is 11.3 Å². The summed E-state index contributed by atoms with van der Waals surface area (Å²) in [5.41, 5.74) is 7.98. The lowest BCUT2D eigenvalue weighted by Gasteiger charge is -2.35. The van der Waals surface area contributed by atoms with Crippen molar-refractivity contribution in [2.75, 3.05) is 19.6 Å². The Kier molecular flexibility index (Phi) is 13.5. The van der Waals surface area contributed by atoms with Gasteiger partial charge in [-0.1, -0.05) is 87.0 Å². The van der Waals surface area contributed by atoms with Crippen molar-refractivity contribution in [3.63, 3.8) is 0 Å². The molecule has 0 unspecified atom stereocenters. The summed E-state index contributed by atoms with van der Waals surface area (Å²) in [6.07, 6.45) is 0.0709. The molecular weight excluding hydrogens is 725 g/mol. The topological polar surface area (TPSA) is 169 Å². The van der Waals surface area contributed by atoms with Gasteiger partial charge in [-0.3, -0.25) is 25.0 Å². The number of rotatable bonds is 17. The molecule has 2 aromatic heterocycles. The largest absolute Gasteiger partial charge is 0.444 e. The molecule has 4 aromatic rings. The molecule has 6 rings (SSSR count). The van der Waals surface area contributed by atoms with Crippen molar-refractivity contribution < 1.29 is 29.0 Å². The van der Waals surface area contributed by atoms with Crippen LogP contribution in [0.5, 0.6) is 0 Å². The fraction of sp³-hybridized carbons (Fsp3) is 0.395. The van der Waals surface area contributed by atoms with Crippen molar-refractivity contribution in [3.8, 4) is 11.3 Å². The van der Waals surface area contributed by atoms with Crippen molar-refractivity contribution in [2.45, 2.75) is 84.0 Å². The smallest absolute Gasteiger partial charge is 0.408 e. The quantitative estimate of drug-likeness (QED) is 0.115. The number of ether oxygens (including phenoxy) is 1. The minimum atomic E-state index is -1.19. The van der Waals surface area contributed by atoms with Crippen molar-refractivity contribution in [1.29, 1.82) is 0 Å². The molecule has 2 aliphatic rings. The molecule has 2 fully saturated rings. The van der Waals surface area contributed by atoms with Gasteiger partial charge in [0.05, 0.1) is 30.1 Å². The lowest BCUT2D eigenvalue weighted by Crippen LogP contribution is -2.59. The van der Waals surface area contributed by atoms with E-state index in [1.165, 1.54) is 0 Å². The molecule has 2 aromatic carbocycles. The van der Waals surface area contributed by atoms with Gasteiger partial charge in [-0.25, -0.2) is 14.6 Å². The second-order valence-electron chi connectivity index (χ2n) is 14.9. The molecule has 0 saturated carbocycles. The van der Waals surface area contributed by atoms with Gasteiger partial charge < -0.3 is 30.3 Å². The number of aryl methyl sites for hydroxylation is 1. The summed E-state index contributed by atoms with van der Waals surface area (Å²) in [5.74, 6) is -1.06. The number of benzene rings is 2. The summed E-state index contributed by atoms with van der Waals surface area (Å²) < 4.78 is 5.15. The van der Waals surface area contributed by atoms with Crippen LogP contribution >= 0.6 is 0 Å². The van der Waals surface area contributed by atoms with Gasteiger partial charge in [0, 0.05) is 43.6 Å². The maximum Gasteiger partial charge on any atom is 0.408 e. The number of hydrogen-bond donors (Lipinski definition) is 4. The summed E-state index contributed by atoms with van der Waals surface area (Å²) >= 11 is 0. The predicted octanol–water partition coefficient (Wildman–Crippen LogP) is 4.22. The van der Waals surface area contributed by atoms with Gasteiger partial charge in [-0.15, -0.1) is 0 Å². The monoisotopic (exact) mass is 776 g/mol. The Bertz CT molecular complexity index is 1980. The standard InChI is InChI=1S/C43H52N8O6/c1-5-28(2)39(51-23-22-49(43(51)56)26-34-15-11-12-29(3)45-34)41(54)46-36(24-31-13-7-6-8-14-31)37(52)27-50(48-40(53)38-30(4)57-42(55)47-38)25-32-17-19-33(20-18-32)35-16-9-10-21-44-35/h6-21,28,30,36-39,52H,5,22-27H2,1-4H3,(H,46,54)(H,47,55)(H,48,53)/t28-,30+,36-,37+,38-,39-/m0/s1. The van der Waals surface area contributed by atoms with Gasteiger partial charge in [0.2, 0.25) is 5.91 Å². The molecule has 0 aliphatic carbocycles. The van der Waals surface area contributed by atoms with Crippen LogP contribution in [0.2, 0.25) is 0 Å². The third-order valence-electron chi connectivity index (χ3n) is 10.6. The van der Waals surface area contributed by atoms with Crippen LogP contribution in [0.4, 0.5) is 9.59 Å². The first-order valence-corrected chi connectivity index (χ1v) is 19.5. The Balaban J connectivity index is 1.22. The molecule has 2 aliphatic heterocycles. The van der Waals surface area contributed by atoms with Crippen LogP contribution in [-0.4, -0.2) is 104 Å². The van der Waals surface area contributed by atoms with Crippen LogP contribution in [-0.2, 0) is 33.8 Å². The zero-order valence-electron chi connectivity index (χ0n) is 32.9. The first-order valence-electron chi connectivity index (χ1n) is 19.5. The summed E-state index contributed by atoms with van der Waals surface area (Å²) in [5, 5.41) is 19.3. The Morgan fingerprint density at radius 2 is 1.74 bits per heavy atom. The van der Waals surface area contributed by atoms with Crippen LogP contribution in [0.3, 0.4) is 0 Å². The van der Waals surface area contributed by atoms with Crippen molar-refractivity contribution in [3.05, 3.63) is 120 Å². The molecule has 14 nitrogen and oxygen atoms in total. The highest BCUT2D eigenvalue weighted by Crippen LogP contribution is 2.24. The van der Waals surface area contributed by atoms with E-state index in [0.717, 1.165) is 33.8 Å². The first-order chi connectivity index (χ1) is 27.5. The summed E-state index contributed by atoms with van der Waals surface area (Å²) in [6, 6.07) is 25.9. The van der Waals surface area contributed by atoms with Gasteiger partial charge in [-0.05, 0) is 61.6 Å². The number of pyridine rings is 2. The van der Waals surface area contributed by atoms with E-state index < -0.39 is 42.3 Å². The lowest BCUT2D eigenvalue weighted by atomic mass is 9.95.